The topological polar surface area (TPSA) is 0 Å². The highest BCUT2D eigenvalue weighted by atomic mass is 79.9. The van der Waals surface area contributed by atoms with Crippen LogP contribution in [0.25, 0.3) is 0 Å². The van der Waals surface area contributed by atoms with Gasteiger partial charge in [-0.05, 0) is 60.8 Å². The number of hydrogen-bond donors (Lipinski definition) is 0. The Balaban J connectivity index is 2.04. The lowest BCUT2D eigenvalue weighted by molar-refractivity contribution is 0.255. The summed E-state index contributed by atoms with van der Waals surface area (Å²) in [6.07, 6.45) is 11.3. The zero-order valence-corrected chi connectivity index (χ0v) is 11.4. The van der Waals surface area contributed by atoms with Gasteiger partial charge in [0.15, 0.2) is 0 Å². The Morgan fingerprint density at radius 3 is 2.50 bits per heavy atom. The van der Waals surface area contributed by atoms with Crippen molar-refractivity contribution in [1.82, 2.24) is 0 Å². The number of benzene rings is 1. The van der Waals surface area contributed by atoms with Crippen LogP contribution in [-0.2, 0) is 11.8 Å². The third kappa shape index (κ3) is 1.73. The molecule has 0 unspecified atom stereocenters. The summed E-state index contributed by atoms with van der Waals surface area (Å²) in [5.74, 6) is 0. The monoisotopic (exact) mass is 278 g/mol. The molecule has 1 aromatic carbocycles. The number of hydrogen-bond acceptors (Lipinski definition) is 0. The number of fused-ring (bicyclic) bond motifs is 2. The van der Waals surface area contributed by atoms with Gasteiger partial charge in [-0.3, -0.25) is 0 Å². The molecule has 0 bridgehead atoms. The maximum absolute atomic E-state index is 3.60. The van der Waals surface area contributed by atoms with Gasteiger partial charge in [0.05, 0.1) is 0 Å². The second-order valence-corrected chi connectivity index (χ2v) is 6.41. The van der Waals surface area contributed by atoms with Crippen molar-refractivity contribution in [3.63, 3.8) is 0 Å². The first kappa shape index (κ1) is 10.8. The molecule has 1 spiro atoms. The van der Waals surface area contributed by atoms with Crippen LogP contribution in [0.2, 0.25) is 0 Å². The SMILES string of the molecule is Brc1ccc2c(c1)CCCC21CCCCC1. The fourth-order valence-electron chi connectivity index (χ4n) is 3.79. The zero-order chi connectivity index (χ0) is 11.0. The molecule has 1 saturated carbocycles. The maximum Gasteiger partial charge on any atom is 0.0178 e. The van der Waals surface area contributed by atoms with Gasteiger partial charge in [0, 0.05) is 4.47 Å². The Morgan fingerprint density at radius 2 is 1.69 bits per heavy atom. The van der Waals surface area contributed by atoms with Crippen LogP contribution in [-0.4, -0.2) is 0 Å². The smallest absolute Gasteiger partial charge is 0.0178 e. The Hall–Kier alpha value is -0.300. The molecule has 0 saturated heterocycles. The highest BCUT2D eigenvalue weighted by molar-refractivity contribution is 9.10. The molecule has 1 fully saturated rings. The molecule has 0 amide bonds. The third-order valence-electron chi connectivity index (χ3n) is 4.55. The number of rotatable bonds is 0. The van der Waals surface area contributed by atoms with Gasteiger partial charge >= 0.3 is 0 Å². The van der Waals surface area contributed by atoms with Gasteiger partial charge in [-0.1, -0.05) is 41.3 Å². The summed E-state index contributed by atoms with van der Waals surface area (Å²) in [5, 5.41) is 0. The van der Waals surface area contributed by atoms with Crippen molar-refractivity contribution in [2.75, 3.05) is 0 Å². The van der Waals surface area contributed by atoms with E-state index in [2.05, 4.69) is 34.1 Å². The molecule has 86 valence electrons. The molecule has 1 heteroatoms. The van der Waals surface area contributed by atoms with Gasteiger partial charge in [0.25, 0.3) is 0 Å². The molecule has 3 rings (SSSR count). The van der Waals surface area contributed by atoms with Gasteiger partial charge < -0.3 is 0 Å². The lowest BCUT2D eigenvalue weighted by Crippen LogP contribution is -2.33. The molecule has 0 radical (unpaired) electrons. The predicted octanol–water partition coefficient (Wildman–Crippen LogP) is 4.99. The van der Waals surface area contributed by atoms with Crippen LogP contribution < -0.4 is 0 Å². The fourth-order valence-corrected chi connectivity index (χ4v) is 4.19. The molecule has 0 aliphatic heterocycles. The molecule has 1 aromatic rings. The standard InChI is InChI=1S/C15H19Br/c16-13-6-7-14-12(11-13)5-4-10-15(14)8-2-1-3-9-15/h6-7,11H,1-5,8-10H2. The summed E-state index contributed by atoms with van der Waals surface area (Å²) in [6.45, 7) is 0. The molecule has 0 nitrogen and oxygen atoms in total. The zero-order valence-electron chi connectivity index (χ0n) is 9.77. The molecule has 16 heavy (non-hydrogen) atoms. The Bertz CT molecular complexity index is 388. The summed E-state index contributed by atoms with van der Waals surface area (Å²) in [6, 6.07) is 6.98. The summed E-state index contributed by atoms with van der Waals surface area (Å²) in [5.41, 5.74) is 3.86. The predicted molar refractivity (Wildman–Crippen MR) is 71.8 cm³/mol. The van der Waals surface area contributed by atoms with Crippen LogP contribution in [0.4, 0.5) is 0 Å². The molecule has 0 atom stereocenters. The van der Waals surface area contributed by atoms with Crippen molar-refractivity contribution in [2.45, 2.75) is 56.8 Å². The van der Waals surface area contributed by atoms with E-state index in [1.165, 1.54) is 55.8 Å². The van der Waals surface area contributed by atoms with Crippen molar-refractivity contribution in [1.29, 1.82) is 0 Å². The summed E-state index contributed by atoms with van der Waals surface area (Å²) in [7, 11) is 0. The molecule has 2 aliphatic rings. The highest BCUT2D eigenvalue weighted by Crippen LogP contribution is 2.47. The van der Waals surface area contributed by atoms with E-state index in [1.54, 1.807) is 11.1 Å². The summed E-state index contributed by atoms with van der Waals surface area (Å²) >= 11 is 3.60. The third-order valence-corrected chi connectivity index (χ3v) is 5.04. The van der Waals surface area contributed by atoms with E-state index >= 15 is 0 Å². The summed E-state index contributed by atoms with van der Waals surface area (Å²) < 4.78 is 1.25. The average molecular weight is 279 g/mol. The first-order valence-electron chi connectivity index (χ1n) is 6.59. The van der Waals surface area contributed by atoms with E-state index in [-0.39, 0.29) is 0 Å². The highest BCUT2D eigenvalue weighted by Gasteiger charge is 2.37. The minimum absolute atomic E-state index is 0.562. The first-order valence-corrected chi connectivity index (χ1v) is 7.38. The summed E-state index contributed by atoms with van der Waals surface area (Å²) in [4.78, 5) is 0. The van der Waals surface area contributed by atoms with Crippen LogP contribution in [0.15, 0.2) is 22.7 Å². The van der Waals surface area contributed by atoms with Gasteiger partial charge in [-0.25, -0.2) is 0 Å². The van der Waals surface area contributed by atoms with Gasteiger partial charge in [-0.15, -0.1) is 0 Å². The molecular formula is C15H19Br. The van der Waals surface area contributed by atoms with Crippen molar-refractivity contribution >= 4 is 15.9 Å². The Kier molecular flexibility index (Phi) is 2.83. The maximum atomic E-state index is 3.60. The molecule has 2 aliphatic carbocycles. The quantitative estimate of drug-likeness (QED) is 0.627. The lowest BCUT2D eigenvalue weighted by atomic mass is 9.62. The Labute approximate surface area is 107 Å². The van der Waals surface area contributed by atoms with E-state index in [9.17, 15) is 0 Å². The average Bonchev–Trinajstić information content (AvgIpc) is 2.30. The van der Waals surface area contributed by atoms with Crippen molar-refractivity contribution in [3.8, 4) is 0 Å². The van der Waals surface area contributed by atoms with E-state index in [1.807, 2.05) is 0 Å². The van der Waals surface area contributed by atoms with E-state index in [4.69, 9.17) is 0 Å². The van der Waals surface area contributed by atoms with Crippen LogP contribution in [0.3, 0.4) is 0 Å². The van der Waals surface area contributed by atoms with Crippen LogP contribution in [0.5, 0.6) is 0 Å². The minimum atomic E-state index is 0.562. The molecule has 0 aromatic heterocycles. The molecule has 0 heterocycles. The fraction of sp³-hybridized carbons (Fsp3) is 0.600. The van der Waals surface area contributed by atoms with E-state index < -0.39 is 0 Å². The second-order valence-electron chi connectivity index (χ2n) is 5.50. The molecular weight excluding hydrogens is 260 g/mol. The number of halogens is 1. The van der Waals surface area contributed by atoms with Gasteiger partial charge in [0.1, 0.15) is 0 Å². The van der Waals surface area contributed by atoms with Crippen molar-refractivity contribution < 1.29 is 0 Å². The van der Waals surface area contributed by atoms with E-state index in [0.717, 1.165) is 0 Å². The Morgan fingerprint density at radius 1 is 0.938 bits per heavy atom. The van der Waals surface area contributed by atoms with Crippen molar-refractivity contribution in [2.24, 2.45) is 0 Å². The van der Waals surface area contributed by atoms with Gasteiger partial charge in [0.2, 0.25) is 0 Å². The normalized spacial score (nSPS) is 23.1. The molecule has 0 N–H and O–H groups in total. The largest absolute Gasteiger partial charge is 0.0571 e. The van der Waals surface area contributed by atoms with E-state index in [0.29, 0.717) is 5.41 Å². The van der Waals surface area contributed by atoms with Crippen molar-refractivity contribution in [3.05, 3.63) is 33.8 Å². The van der Waals surface area contributed by atoms with Crippen LogP contribution in [0, 0.1) is 0 Å². The van der Waals surface area contributed by atoms with Crippen LogP contribution >= 0.6 is 15.9 Å². The number of aryl methyl sites for hydroxylation is 1. The minimum Gasteiger partial charge on any atom is -0.0571 e. The first-order chi connectivity index (χ1) is 7.80. The van der Waals surface area contributed by atoms with Gasteiger partial charge in [-0.2, -0.15) is 0 Å². The lowest BCUT2D eigenvalue weighted by Gasteiger charge is -2.42. The van der Waals surface area contributed by atoms with Crippen LogP contribution in [0.1, 0.15) is 56.1 Å². The second kappa shape index (κ2) is 4.18.